The van der Waals surface area contributed by atoms with Crippen LogP contribution in [0.5, 0.6) is 5.75 Å². The van der Waals surface area contributed by atoms with Crippen LogP contribution in [0.15, 0.2) is 24.3 Å². The summed E-state index contributed by atoms with van der Waals surface area (Å²) in [6, 6.07) is 7.14. The molecular formula is C14H19NO3. The standard InChI is InChI=1S/C14H19NO3/c1-15(2)14(17)10-6-8-12(16)11-7-4-5-9-13(11)18-3/h4-5,7,9H,6,8,10H2,1-3H3. The number of carbonyl (C=O) groups excluding carboxylic acids is 2. The molecule has 4 nitrogen and oxygen atoms in total. The highest BCUT2D eigenvalue weighted by atomic mass is 16.5. The molecule has 0 aliphatic rings. The maximum atomic E-state index is 12.0. The van der Waals surface area contributed by atoms with Crippen molar-refractivity contribution in [3.05, 3.63) is 29.8 Å². The molecule has 0 saturated heterocycles. The van der Waals surface area contributed by atoms with E-state index in [4.69, 9.17) is 4.74 Å². The summed E-state index contributed by atoms with van der Waals surface area (Å²) < 4.78 is 5.14. The molecule has 4 heteroatoms. The zero-order chi connectivity index (χ0) is 13.5. The molecule has 0 aliphatic heterocycles. The van der Waals surface area contributed by atoms with E-state index in [1.165, 1.54) is 4.90 Å². The third kappa shape index (κ3) is 3.87. The van der Waals surface area contributed by atoms with E-state index in [1.807, 2.05) is 6.07 Å². The fourth-order valence-electron chi connectivity index (χ4n) is 1.63. The summed E-state index contributed by atoms with van der Waals surface area (Å²) in [5, 5.41) is 0. The van der Waals surface area contributed by atoms with Crippen LogP contribution in [0.4, 0.5) is 0 Å². The third-order valence-corrected chi connectivity index (χ3v) is 2.70. The SMILES string of the molecule is COc1ccccc1C(=O)CCCC(=O)N(C)C. The molecule has 0 aromatic heterocycles. The van der Waals surface area contributed by atoms with Gasteiger partial charge in [0.05, 0.1) is 12.7 Å². The van der Waals surface area contributed by atoms with Gasteiger partial charge >= 0.3 is 0 Å². The zero-order valence-corrected chi connectivity index (χ0v) is 11.1. The molecule has 0 atom stereocenters. The van der Waals surface area contributed by atoms with E-state index in [0.717, 1.165) is 0 Å². The number of amides is 1. The number of nitrogens with zero attached hydrogens (tertiary/aromatic N) is 1. The molecule has 0 fully saturated rings. The number of Topliss-reactive ketones (excluding diaryl/α,β-unsaturated/α-hetero) is 1. The van der Waals surface area contributed by atoms with Gasteiger partial charge in [0.25, 0.3) is 0 Å². The molecule has 18 heavy (non-hydrogen) atoms. The van der Waals surface area contributed by atoms with Crippen molar-refractivity contribution in [2.75, 3.05) is 21.2 Å². The maximum absolute atomic E-state index is 12.0. The Labute approximate surface area is 108 Å². The molecule has 1 amide bonds. The largest absolute Gasteiger partial charge is 0.496 e. The minimum atomic E-state index is 0.0130. The predicted molar refractivity (Wildman–Crippen MR) is 69.9 cm³/mol. The van der Waals surface area contributed by atoms with Crippen molar-refractivity contribution in [3.63, 3.8) is 0 Å². The second-order valence-corrected chi connectivity index (χ2v) is 4.27. The van der Waals surface area contributed by atoms with Crippen LogP contribution < -0.4 is 4.74 Å². The monoisotopic (exact) mass is 249 g/mol. The number of methoxy groups -OCH3 is 1. The number of carbonyl (C=O) groups is 2. The average Bonchev–Trinajstić information content (AvgIpc) is 2.38. The van der Waals surface area contributed by atoms with Crippen LogP contribution in [0.25, 0.3) is 0 Å². The van der Waals surface area contributed by atoms with Gasteiger partial charge in [-0.05, 0) is 18.6 Å². The van der Waals surface area contributed by atoms with E-state index in [9.17, 15) is 9.59 Å². The Kier molecular flexibility index (Phi) is 5.36. The van der Waals surface area contributed by atoms with Crippen LogP contribution in [-0.4, -0.2) is 37.8 Å². The summed E-state index contributed by atoms with van der Waals surface area (Å²) in [7, 11) is 4.97. The first-order valence-corrected chi connectivity index (χ1v) is 5.92. The number of benzene rings is 1. The molecule has 0 unspecified atom stereocenters. The summed E-state index contributed by atoms with van der Waals surface area (Å²) >= 11 is 0. The van der Waals surface area contributed by atoms with Crippen LogP contribution in [0, 0.1) is 0 Å². The highest BCUT2D eigenvalue weighted by molar-refractivity contribution is 5.98. The molecule has 1 aromatic carbocycles. The number of hydrogen-bond donors (Lipinski definition) is 0. The Hall–Kier alpha value is -1.84. The molecule has 0 radical (unpaired) electrons. The number of ketones is 1. The number of hydrogen-bond acceptors (Lipinski definition) is 3. The van der Waals surface area contributed by atoms with Crippen LogP contribution in [-0.2, 0) is 4.79 Å². The summed E-state index contributed by atoms with van der Waals surface area (Å²) in [4.78, 5) is 24.9. The molecule has 0 saturated carbocycles. The molecule has 0 N–H and O–H groups in total. The van der Waals surface area contributed by atoms with Crippen LogP contribution in [0.3, 0.4) is 0 Å². The Morgan fingerprint density at radius 1 is 1.17 bits per heavy atom. The Balaban J connectivity index is 2.53. The first kappa shape index (κ1) is 14.2. The molecule has 1 rings (SSSR count). The summed E-state index contributed by atoms with van der Waals surface area (Å²) in [5.74, 6) is 0.642. The van der Waals surface area contributed by atoms with Crippen molar-refractivity contribution in [1.82, 2.24) is 4.90 Å². The molecular weight excluding hydrogens is 230 g/mol. The molecule has 0 heterocycles. The Bertz CT molecular complexity index is 427. The Morgan fingerprint density at radius 3 is 2.44 bits per heavy atom. The zero-order valence-electron chi connectivity index (χ0n) is 11.1. The van der Waals surface area contributed by atoms with Gasteiger partial charge in [-0.1, -0.05) is 12.1 Å². The predicted octanol–water partition coefficient (Wildman–Crippen LogP) is 2.14. The van der Waals surface area contributed by atoms with Crippen LogP contribution in [0.2, 0.25) is 0 Å². The van der Waals surface area contributed by atoms with Crippen LogP contribution >= 0.6 is 0 Å². The van der Waals surface area contributed by atoms with E-state index in [1.54, 1.807) is 39.4 Å². The van der Waals surface area contributed by atoms with Crippen LogP contribution in [0.1, 0.15) is 29.6 Å². The molecule has 98 valence electrons. The average molecular weight is 249 g/mol. The lowest BCUT2D eigenvalue weighted by Gasteiger charge is -2.10. The fraction of sp³-hybridized carbons (Fsp3) is 0.429. The van der Waals surface area contributed by atoms with Gasteiger partial charge in [-0.25, -0.2) is 0 Å². The Morgan fingerprint density at radius 2 is 1.83 bits per heavy atom. The number of rotatable bonds is 6. The summed E-state index contributed by atoms with van der Waals surface area (Å²) in [5.41, 5.74) is 0.581. The maximum Gasteiger partial charge on any atom is 0.222 e. The van der Waals surface area contributed by atoms with Gasteiger partial charge in [-0.15, -0.1) is 0 Å². The molecule has 0 spiro atoms. The second kappa shape index (κ2) is 6.79. The van der Waals surface area contributed by atoms with E-state index in [2.05, 4.69) is 0 Å². The third-order valence-electron chi connectivity index (χ3n) is 2.70. The van der Waals surface area contributed by atoms with Gasteiger partial charge in [-0.2, -0.15) is 0 Å². The van der Waals surface area contributed by atoms with Crippen molar-refractivity contribution in [2.45, 2.75) is 19.3 Å². The van der Waals surface area contributed by atoms with Gasteiger partial charge in [0.2, 0.25) is 5.91 Å². The summed E-state index contributed by atoms with van der Waals surface area (Å²) in [6.45, 7) is 0. The first-order valence-electron chi connectivity index (χ1n) is 5.92. The van der Waals surface area contributed by atoms with E-state index >= 15 is 0 Å². The van der Waals surface area contributed by atoms with Crippen molar-refractivity contribution < 1.29 is 14.3 Å². The van der Waals surface area contributed by atoms with Gasteiger partial charge in [-0.3, -0.25) is 9.59 Å². The minimum absolute atomic E-state index is 0.0130. The van der Waals surface area contributed by atoms with Crippen molar-refractivity contribution in [1.29, 1.82) is 0 Å². The quantitative estimate of drug-likeness (QED) is 0.726. The smallest absolute Gasteiger partial charge is 0.222 e. The van der Waals surface area contributed by atoms with E-state index < -0.39 is 0 Å². The highest BCUT2D eigenvalue weighted by Crippen LogP contribution is 2.19. The normalized spacial score (nSPS) is 9.94. The lowest BCUT2D eigenvalue weighted by Crippen LogP contribution is -2.21. The summed E-state index contributed by atoms with van der Waals surface area (Å²) in [6.07, 6.45) is 1.32. The lowest BCUT2D eigenvalue weighted by molar-refractivity contribution is -0.128. The molecule has 0 bridgehead atoms. The first-order chi connectivity index (χ1) is 8.56. The van der Waals surface area contributed by atoms with Gasteiger partial charge < -0.3 is 9.64 Å². The second-order valence-electron chi connectivity index (χ2n) is 4.27. The molecule has 0 aliphatic carbocycles. The van der Waals surface area contributed by atoms with Crippen molar-refractivity contribution in [3.8, 4) is 5.75 Å². The lowest BCUT2D eigenvalue weighted by atomic mass is 10.0. The number of ether oxygens (including phenoxy) is 1. The van der Waals surface area contributed by atoms with Gasteiger partial charge in [0.15, 0.2) is 5.78 Å². The van der Waals surface area contributed by atoms with E-state index in [0.29, 0.717) is 30.6 Å². The van der Waals surface area contributed by atoms with Gasteiger partial charge in [0.1, 0.15) is 5.75 Å². The highest BCUT2D eigenvalue weighted by Gasteiger charge is 2.12. The fourth-order valence-corrected chi connectivity index (χ4v) is 1.63. The minimum Gasteiger partial charge on any atom is -0.496 e. The van der Waals surface area contributed by atoms with Gasteiger partial charge in [0, 0.05) is 26.9 Å². The van der Waals surface area contributed by atoms with Crippen molar-refractivity contribution in [2.24, 2.45) is 0 Å². The topological polar surface area (TPSA) is 46.6 Å². The van der Waals surface area contributed by atoms with E-state index in [-0.39, 0.29) is 11.7 Å². The number of para-hydroxylation sites is 1. The van der Waals surface area contributed by atoms with Crippen molar-refractivity contribution >= 4 is 11.7 Å². The molecule has 1 aromatic rings.